The Bertz CT molecular complexity index is 1040. The number of nitrogens with zero attached hydrogens (tertiary/aromatic N) is 3. The van der Waals surface area contributed by atoms with Gasteiger partial charge >= 0.3 is 0 Å². The van der Waals surface area contributed by atoms with Crippen LogP contribution in [0.3, 0.4) is 0 Å². The summed E-state index contributed by atoms with van der Waals surface area (Å²) >= 11 is 0. The maximum atomic E-state index is 13.5. The van der Waals surface area contributed by atoms with Crippen molar-refractivity contribution in [3.05, 3.63) is 59.9 Å². The first-order valence-corrected chi connectivity index (χ1v) is 13.3. The smallest absolute Gasteiger partial charge is 0.226 e. The fourth-order valence-corrected chi connectivity index (χ4v) is 5.25. The van der Waals surface area contributed by atoms with Crippen LogP contribution in [-0.2, 0) is 20.9 Å². The van der Waals surface area contributed by atoms with Crippen molar-refractivity contribution in [3.63, 3.8) is 0 Å². The molecular formula is C29H38FN3O4. The number of hydrogen-bond donors (Lipinski definition) is 0. The first-order valence-electron chi connectivity index (χ1n) is 13.3. The number of carbonyl (C=O) groups excluding carboxylic acids is 2. The minimum atomic E-state index is -0.368. The van der Waals surface area contributed by atoms with Gasteiger partial charge in [0.25, 0.3) is 0 Å². The lowest BCUT2D eigenvalue weighted by molar-refractivity contribution is -0.132. The Labute approximate surface area is 219 Å². The number of amides is 2. The van der Waals surface area contributed by atoms with Crippen molar-refractivity contribution >= 4 is 17.5 Å². The van der Waals surface area contributed by atoms with Crippen LogP contribution in [0.5, 0.6) is 5.75 Å². The Kier molecular flexibility index (Phi) is 9.91. The maximum Gasteiger partial charge on any atom is 0.226 e. The highest BCUT2D eigenvalue weighted by Crippen LogP contribution is 2.25. The van der Waals surface area contributed by atoms with Crippen LogP contribution in [0.4, 0.5) is 10.1 Å². The molecule has 0 radical (unpaired) electrons. The molecule has 2 aliphatic heterocycles. The van der Waals surface area contributed by atoms with E-state index in [0.717, 1.165) is 63.2 Å². The largest absolute Gasteiger partial charge is 0.493 e. The Morgan fingerprint density at radius 1 is 1.00 bits per heavy atom. The number of para-hydroxylation sites is 1. The van der Waals surface area contributed by atoms with E-state index in [4.69, 9.17) is 9.47 Å². The van der Waals surface area contributed by atoms with Crippen molar-refractivity contribution in [2.75, 3.05) is 50.9 Å². The van der Waals surface area contributed by atoms with E-state index in [-0.39, 0.29) is 30.7 Å². The van der Waals surface area contributed by atoms with Gasteiger partial charge in [-0.25, -0.2) is 4.39 Å². The van der Waals surface area contributed by atoms with Crippen molar-refractivity contribution in [1.29, 1.82) is 0 Å². The minimum Gasteiger partial charge on any atom is -0.493 e. The molecule has 37 heavy (non-hydrogen) atoms. The number of ether oxygens (including phenoxy) is 2. The van der Waals surface area contributed by atoms with Crippen LogP contribution in [0.2, 0.25) is 0 Å². The zero-order chi connectivity index (χ0) is 26.0. The molecule has 0 aliphatic carbocycles. The summed E-state index contributed by atoms with van der Waals surface area (Å²) in [5, 5.41) is 0. The molecule has 0 aromatic heterocycles. The standard InChI is InChI=1S/C29H38FN3O4/c1-23(34)33-17-6-15-31(26-11-18-36-19-12-26)14-5-16-32(22-24-7-2-3-10-28(24)33)29(35)13-20-37-27-9-4-8-25(30)21-27/h2-4,7-10,21,26H,5-6,11-20,22H2,1H3. The minimum absolute atomic E-state index is 0.00324. The number of anilines is 1. The molecule has 0 N–H and O–H groups in total. The van der Waals surface area contributed by atoms with Crippen molar-refractivity contribution in [2.45, 2.75) is 51.6 Å². The molecule has 7 nitrogen and oxygen atoms in total. The Hall–Kier alpha value is -2.97. The van der Waals surface area contributed by atoms with Crippen molar-refractivity contribution in [3.8, 4) is 5.75 Å². The van der Waals surface area contributed by atoms with Gasteiger partial charge in [-0.05, 0) is 49.4 Å². The zero-order valence-electron chi connectivity index (χ0n) is 21.7. The second-order valence-corrected chi connectivity index (χ2v) is 9.76. The number of hydrogen-bond acceptors (Lipinski definition) is 5. The van der Waals surface area contributed by atoms with Crippen molar-refractivity contribution in [2.24, 2.45) is 0 Å². The van der Waals surface area contributed by atoms with E-state index in [1.165, 1.54) is 12.1 Å². The predicted molar refractivity (Wildman–Crippen MR) is 141 cm³/mol. The predicted octanol–water partition coefficient (Wildman–Crippen LogP) is 4.25. The molecule has 8 heteroatoms. The highest BCUT2D eigenvalue weighted by molar-refractivity contribution is 5.92. The van der Waals surface area contributed by atoms with Crippen LogP contribution in [0.25, 0.3) is 0 Å². The second kappa shape index (κ2) is 13.5. The lowest BCUT2D eigenvalue weighted by atomic mass is 10.1. The summed E-state index contributed by atoms with van der Waals surface area (Å²) in [6, 6.07) is 14.3. The number of rotatable bonds is 5. The van der Waals surface area contributed by atoms with E-state index >= 15 is 0 Å². The van der Waals surface area contributed by atoms with Crippen LogP contribution in [0.1, 0.15) is 44.6 Å². The molecule has 0 atom stereocenters. The lowest BCUT2D eigenvalue weighted by Crippen LogP contribution is -2.43. The van der Waals surface area contributed by atoms with Gasteiger partial charge in [-0.3, -0.25) is 9.59 Å². The average molecular weight is 512 g/mol. The number of halogens is 1. The topological polar surface area (TPSA) is 62.3 Å². The quantitative estimate of drug-likeness (QED) is 0.601. The van der Waals surface area contributed by atoms with E-state index in [1.807, 2.05) is 34.1 Å². The van der Waals surface area contributed by atoms with E-state index in [0.29, 0.717) is 31.4 Å². The molecule has 4 rings (SSSR count). The normalized spacial score (nSPS) is 18.4. The summed E-state index contributed by atoms with van der Waals surface area (Å²) < 4.78 is 24.7. The number of carbonyl (C=O) groups is 2. The van der Waals surface area contributed by atoms with Gasteiger partial charge in [0.1, 0.15) is 11.6 Å². The summed E-state index contributed by atoms with van der Waals surface area (Å²) in [5.74, 6) is 0.0300. The van der Waals surface area contributed by atoms with Crippen molar-refractivity contribution in [1.82, 2.24) is 9.80 Å². The molecule has 2 amide bonds. The monoisotopic (exact) mass is 511 g/mol. The first-order chi connectivity index (χ1) is 18.0. The molecule has 1 saturated heterocycles. The first kappa shape index (κ1) is 27.1. The third kappa shape index (κ3) is 7.76. The van der Waals surface area contributed by atoms with E-state index < -0.39 is 0 Å². The molecule has 2 aliphatic rings. The van der Waals surface area contributed by atoms with Gasteiger partial charge in [-0.1, -0.05) is 24.3 Å². The molecular weight excluding hydrogens is 473 g/mol. The van der Waals surface area contributed by atoms with Crippen LogP contribution >= 0.6 is 0 Å². The second-order valence-electron chi connectivity index (χ2n) is 9.76. The molecule has 2 aromatic rings. The fourth-order valence-electron chi connectivity index (χ4n) is 5.25. The third-order valence-electron chi connectivity index (χ3n) is 7.16. The van der Waals surface area contributed by atoms with Crippen LogP contribution in [0, 0.1) is 5.82 Å². The van der Waals surface area contributed by atoms with Crippen molar-refractivity contribution < 1.29 is 23.5 Å². The van der Waals surface area contributed by atoms with E-state index in [9.17, 15) is 14.0 Å². The summed E-state index contributed by atoms with van der Waals surface area (Å²) in [5.41, 5.74) is 1.82. The summed E-state index contributed by atoms with van der Waals surface area (Å²) in [6.07, 6.45) is 3.98. The summed E-state index contributed by atoms with van der Waals surface area (Å²) in [7, 11) is 0. The Morgan fingerprint density at radius 2 is 1.76 bits per heavy atom. The number of benzene rings is 2. The van der Waals surface area contributed by atoms with Gasteiger partial charge in [0.05, 0.1) is 13.0 Å². The highest BCUT2D eigenvalue weighted by Gasteiger charge is 2.25. The van der Waals surface area contributed by atoms with Gasteiger partial charge in [0.15, 0.2) is 0 Å². The molecule has 0 bridgehead atoms. The molecule has 1 fully saturated rings. The van der Waals surface area contributed by atoms with Gasteiger partial charge in [0.2, 0.25) is 11.8 Å². The fraction of sp³-hybridized carbons (Fsp3) is 0.517. The lowest BCUT2D eigenvalue weighted by Gasteiger charge is -2.36. The maximum absolute atomic E-state index is 13.5. The van der Waals surface area contributed by atoms with E-state index in [2.05, 4.69) is 4.90 Å². The highest BCUT2D eigenvalue weighted by atomic mass is 19.1. The van der Waals surface area contributed by atoms with Crippen LogP contribution in [0.15, 0.2) is 48.5 Å². The van der Waals surface area contributed by atoms with Gasteiger partial charge < -0.3 is 24.2 Å². The molecule has 200 valence electrons. The van der Waals surface area contributed by atoms with E-state index in [1.54, 1.807) is 19.1 Å². The van der Waals surface area contributed by atoms with Gasteiger partial charge in [-0.2, -0.15) is 0 Å². The average Bonchev–Trinajstić information content (AvgIpc) is 2.89. The summed E-state index contributed by atoms with van der Waals surface area (Å²) in [6.45, 7) is 6.83. The molecule has 2 aromatic carbocycles. The Balaban J connectivity index is 1.50. The molecule has 2 heterocycles. The van der Waals surface area contributed by atoms with Gasteiger partial charge in [0, 0.05) is 70.7 Å². The Morgan fingerprint density at radius 3 is 2.51 bits per heavy atom. The van der Waals surface area contributed by atoms with Crippen LogP contribution in [-0.4, -0.2) is 73.7 Å². The molecule has 0 unspecified atom stereocenters. The van der Waals surface area contributed by atoms with Crippen LogP contribution < -0.4 is 9.64 Å². The third-order valence-corrected chi connectivity index (χ3v) is 7.16. The molecule has 0 saturated carbocycles. The zero-order valence-corrected chi connectivity index (χ0v) is 21.7. The van der Waals surface area contributed by atoms with Gasteiger partial charge in [-0.15, -0.1) is 0 Å². The SMILES string of the molecule is CC(=O)N1CCCN(C2CCOCC2)CCCN(C(=O)CCOc2cccc(F)c2)Cc2ccccc21. The summed E-state index contributed by atoms with van der Waals surface area (Å²) in [4.78, 5) is 32.2. The molecule has 0 spiro atoms. The number of fused-ring (bicyclic) bond motifs is 1.